The molecule has 1 unspecified atom stereocenters. The number of methoxy groups -OCH3 is 1. The topological polar surface area (TPSA) is 41.5 Å². The van der Waals surface area contributed by atoms with Gasteiger partial charge in [0.25, 0.3) is 0 Å². The molecule has 4 heteroatoms. The van der Waals surface area contributed by atoms with Crippen LogP contribution >= 0.6 is 0 Å². The second-order valence-corrected chi connectivity index (χ2v) is 4.71. The predicted molar refractivity (Wildman–Crippen MR) is 66.9 cm³/mol. The third-order valence-electron chi connectivity index (χ3n) is 3.05. The smallest absolute Gasteiger partial charge is 0.167 e. The van der Waals surface area contributed by atoms with Gasteiger partial charge in [0.2, 0.25) is 0 Å². The number of aliphatic hydroxyl groups is 1. The zero-order valence-electron chi connectivity index (χ0n) is 10.7. The number of anilines is 1. The first-order valence-corrected chi connectivity index (χ1v) is 5.66. The summed E-state index contributed by atoms with van der Waals surface area (Å²) in [7, 11) is 1.43. The number of benzene rings is 1. The van der Waals surface area contributed by atoms with Gasteiger partial charge in [-0.1, -0.05) is 13.8 Å². The van der Waals surface area contributed by atoms with Crippen LogP contribution in [0.5, 0.6) is 5.75 Å². The highest BCUT2D eigenvalue weighted by Crippen LogP contribution is 2.22. The van der Waals surface area contributed by atoms with Crippen molar-refractivity contribution < 1.29 is 14.2 Å². The lowest BCUT2D eigenvalue weighted by Crippen LogP contribution is -2.38. The van der Waals surface area contributed by atoms with Crippen molar-refractivity contribution in [3.8, 4) is 5.75 Å². The number of halogens is 1. The Balaban J connectivity index is 2.67. The summed E-state index contributed by atoms with van der Waals surface area (Å²) < 4.78 is 18.2. The van der Waals surface area contributed by atoms with Gasteiger partial charge in [-0.2, -0.15) is 0 Å². The van der Waals surface area contributed by atoms with Crippen molar-refractivity contribution in [2.24, 2.45) is 5.92 Å². The van der Waals surface area contributed by atoms with Gasteiger partial charge in [0.1, 0.15) is 0 Å². The molecule has 0 aliphatic rings. The Hall–Kier alpha value is -1.29. The van der Waals surface area contributed by atoms with Crippen molar-refractivity contribution in [1.29, 1.82) is 0 Å². The van der Waals surface area contributed by atoms with Crippen LogP contribution in [0.15, 0.2) is 18.2 Å². The van der Waals surface area contributed by atoms with Gasteiger partial charge in [-0.05, 0) is 25.0 Å². The first-order chi connectivity index (χ1) is 7.86. The summed E-state index contributed by atoms with van der Waals surface area (Å²) >= 11 is 0. The Kier molecular flexibility index (Phi) is 4.34. The van der Waals surface area contributed by atoms with E-state index in [1.54, 1.807) is 19.1 Å². The molecule has 1 rings (SSSR count). The maximum Gasteiger partial charge on any atom is 0.167 e. The van der Waals surface area contributed by atoms with E-state index < -0.39 is 11.4 Å². The fourth-order valence-electron chi connectivity index (χ4n) is 1.26. The normalized spacial score (nSPS) is 14.5. The average molecular weight is 241 g/mol. The van der Waals surface area contributed by atoms with Crippen LogP contribution in [0.3, 0.4) is 0 Å². The highest BCUT2D eigenvalue weighted by atomic mass is 19.1. The first kappa shape index (κ1) is 13.8. The predicted octanol–water partition coefficient (Wildman–Crippen LogP) is 2.65. The largest absolute Gasteiger partial charge is 0.494 e. The molecule has 0 fully saturated rings. The fourth-order valence-corrected chi connectivity index (χ4v) is 1.26. The van der Waals surface area contributed by atoms with Gasteiger partial charge in [0.15, 0.2) is 11.6 Å². The van der Waals surface area contributed by atoms with E-state index in [0.29, 0.717) is 12.2 Å². The molecule has 0 saturated carbocycles. The molecule has 0 aliphatic heterocycles. The highest BCUT2D eigenvalue weighted by molar-refractivity contribution is 5.47. The van der Waals surface area contributed by atoms with Gasteiger partial charge in [0.05, 0.1) is 12.7 Å². The molecule has 1 aromatic carbocycles. The highest BCUT2D eigenvalue weighted by Gasteiger charge is 2.24. The van der Waals surface area contributed by atoms with Gasteiger partial charge in [-0.15, -0.1) is 0 Å². The molecule has 17 heavy (non-hydrogen) atoms. The zero-order chi connectivity index (χ0) is 13.1. The molecule has 0 radical (unpaired) electrons. The Labute approximate surface area is 102 Å². The van der Waals surface area contributed by atoms with Gasteiger partial charge in [-0.25, -0.2) is 4.39 Å². The van der Waals surface area contributed by atoms with Gasteiger partial charge in [-0.3, -0.25) is 0 Å². The van der Waals surface area contributed by atoms with Crippen LogP contribution in [-0.4, -0.2) is 24.4 Å². The van der Waals surface area contributed by atoms with Crippen LogP contribution in [0.2, 0.25) is 0 Å². The minimum atomic E-state index is -0.823. The molecule has 0 spiro atoms. The Morgan fingerprint density at radius 2 is 2.12 bits per heavy atom. The molecule has 0 amide bonds. The van der Waals surface area contributed by atoms with Crippen LogP contribution in [-0.2, 0) is 0 Å². The summed E-state index contributed by atoms with van der Waals surface area (Å²) in [5, 5.41) is 13.1. The molecule has 0 bridgehead atoms. The number of nitrogens with one attached hydrogen (secondary N) is 1. The van der Waals surface area contributed by atoms with E-state index in [0.717, 1.165) is 0 Å². The molecule has 1 atom stereocenters. The van der Waals surface area contributed by atoms with E-state index in [1.807, 2.05) is 13.8 Å². The van der Waals surface area contributed by atoms with Crippen LogP contribution in [0.4, 0.5) is 10.1 Å². The molecular formula is C13H20FNO2. The molecule has 2 N–H and O–H groups in total. The number of ether oxygens (including phenoxy) is 1. The molecule has 96 valence electrons. The molecule has 0 heterocycles. The fraction of sp³-hybridized carbons (Fsp3) is 0.538. The molecule has 0 aliphatic carbocycles. The summed E-state index contributed by atoms with van der Waals surface area (Å²) in [6.45, 7) is 6.01. The summed E-state index contributed by atoms with van der Waals surface area (Å²) in [6.07, 6.45) is 0. The third kappa shape index (κ3) is 3.60. The van der Waals surface area contributed by atoms with Gasteiger partial charge >= 0.3 is 0 Å². The van der Waals surface area contributed by atoms with E-state index in [9.17, 15) is 9.50 Å². The number of rotatable bonds is 5. The lowest BCUT2D eigenvalue weighted by atomic mass is 9.92. The second kappa shape index (κ2) is 5.36. The number of hydrogen-bond donors (Lipinski definition) is 2. The Morgan fingerprint density at radius 3 is 2.59 bits per heavy atom. The van der Waals surface area contributed by atoms with E-state index in [4.69, 9.17) is 4.74 Å². The van der Waals surface area contributed by atoms with E-state index in [2.05, 4.69) is 5.32 Å². The zero-order valence-corrected chi connectivity index (χ0v) is 10.7. The monoisotopic (exact) mass is 241 g/mol. The van der Waals surface area contributed by atoms with Crippen molar-refractivity contribution in [1.82, 2.24) is 0 Å². The van der Waals surface area contributed by atoms with Crippen LogP contribution in [0, 0.1) is 11.7 Å². The summed E-state index contributed by atoms with van der Waals surface area (Å²) in [4.78, 5) is 0. The van der Waals surface area contributed by atoms with Crippen LogP contribution in [0.1, 0.15) is 20.8 Å². The van der Waals surface area contributed by atoms with Crippen LogP contribution < -0.4 is 10.1 Å². The minimum Gasteiger partial charge on any atom is -0.494 e. The van der Waals surface area contributed by atoms with Crippen molar-refractivity contribution in [3.63, 3.8) is 0 Å². The number of hydrogen-bond acceptors (Lipinski definition) is 3. The lowest BCUT2D eigenvalue weighted by molar-refractivity contribution is 0.0266. The van der Waals surface area contributed by atoms with E-state index in [-0.39, 0.29) is 11.7 Å². The van der Waals surface area contributed by atoms with Gasteiger partial charge in [0, 0.05) is 18.3 Å². The second-order valence-electron chi connectivity index (χ2n) is 4.71. The van der Waals surface area contributed by atoms with E-state index in [1.165, 1.54) is 13.2 Å². The maximum atomic E-state index is 13.4. The van der Waals surface area contributed by atoms with E-state index >= 15 is 0 Å². The SMILES string of the molecule is COc1ccc(NCC(C)(O)C(C)C)cc1F. The van der Waals surface area contributed by atoms with Gasteiger partial charge < -0.3 is 15.2 Å². The quantitative estimate of drug-likeness (QED) is 0.832. The average Bonchev–Trinajstić information content (AvgIpc) is 2.26. The van der Waals surface area contributed by atoms with Crippen LogP contribution in [0.25, 0.3) is 0 Å². The summed E-state index contributed by atoms with van der Waals surface area (Å²) in [5.74, 6) is -0.0778. The van der Waals surface area contributed by atoms with Crippen molar-refractivity contribution in [3.05, 3.63) is 24.0 Å². The minimum absolute atomic E-state index is 0.123. The molecular weight excluding hydrogens is 221 g/mol. The third-order valence-corrected chi connectivity index (χ3v) is 3.05. The summed E-state index contributed by atoms with van der Waals surface area (Å²) in [6, 6.07) is 4.63. The summed E-state index contributed by atoms with van der Waals surface area (Å²) in [5.41, 5.74) is -0.194. The Morgan fingerprint density at radius 1 is 1.47 bits per heavy atom. The van der Waals surface area contributed by atoms with Crippen molar-refractivity contribution in [2.45, 2.75) is 26.4 Å². The molecule has 0 saturated heterocycles. The molecule has 0 aromatic heterocycles. The van der Waals surface area contributed by atoms with Crippen molar-refractivity contribution >= 4 is 5.69 Å². The molecule has 3 nitrogen and oxygen atoms in total. The Bertz CT molecular complexity index is 378. The first-order valence-electron chi connectivity index (χ1n) is 5.66. The molecule has 1 aromatic rings. The maximum absolute atomic E-state index is 13.4. The standard InChI is InChI=1S/C13H20FNO2/c1-9(2)13(3,16)8-15-10-5-6-12(17-4)11(14)7-10/h5-7,9,15-16H,8H2,1-4H3. The lowest BCUT2D eigenvalue weighted by Gasteiger charge is -2.28. The van der Waals surface area contributed by atoms with Crippen molar-refractivity contribution in [2.75, 3.05) is 19.0 Å².